The summed E-state index contributed by atoms with van der Waals surface area (Å²) in [5.41, 5.74) is 24.6. The summed E-state index contributed by atoms with van der Waals surface area (Å²) in [5.74, 6) is 0.569. The van der Waals surface area contributed by atoms with Crippen LogP contribution in [0, 0.1) is 0 Å². The van der Waals surface area contributed by atoms with Crippen LogP contribution in [0.3, 0.4) is 0 Å². The fraction of sp³-hybridized carbons (Fsp3) is 0.103. The van der Waals surface area contributed by atoms with Crippen LogP contribution in [-0.2, 0) is 0 Å². The minimum atomic E-state index is 0.146. The van der Waals surface area contributed by atoms with Gasteiger partial charge in [-0.1, -0.05) is 172 Å². The van der Waals surface area contributed by atoms with E-state index in [4.69, 9.17) is 0 Å². The Morgan fingerprint density at radius 2 is 0.710 bits per heavy atom. The first-order valence-electron chi connectivity index (χ1n) is 22.5. The van der Waals surface area contributed by atoms with Crippen molar-refractivity contribution < 1.29 is 0 Å². The van der Waals surface area contributed by atoms with E-state index in [-0.39, 0.29) is 25.3 Å². The first-order chi connectivity index (χ1) is 30.5. The highest BCUT2D eigenvalue weighted by Crippen LogP contribution is 2.53. The lowest BCUT2D eigenvalue weighted by atomic mass is 9.35. The summed E-state index contributed by atoms with van der Waals surface area (Å²) in [6, 6.07) is 64.7. The topological polar surface area (TPSA) is 6.48 Å². The molecule has 0 unspecified atom stereocenters. The van der Waals surface area contributed by atoms with Crippen molar-refractivity contribution in [3.05, 3.63) is 181 Å². The zero-order chi connectivity index (χ0) is 41.1. The lowest BCUT2D eigenvalue weighted by Crippen LogP contribution is -2.56. The molecule has 0 amide bonds. The van der Waals surface area contributed by atoms with E-state index in [0.29, 0.717) is 0 Å². The fourth-order valence-electron chi connectivity index (χ4n) is 12.9. The molecule has 62 heavy (non-hydrogen) atoms. The molecule has 0 aliphatic carbocycles. The third-order valence-corrected chi connectivity index (χ3v) is 14.9. The van der Waals surface area contributed by atoms with E-state index in [9.17, 15) is 0 Å². The summed E-state index contributed by atoms with van der Waals surface area (Å²) in [5, 5.41) is 8.20. The zero-order valence-electron chi connectivity index (χ0n) is 35.4. The number of benzene rings is 10. The second kappa shape index (κ2) is 12.3. The van der Waals surface area contributed by atoms with Crippen LogP contribution in [0.5, 0.6) is 0 Å². The summed E-state index contributed by atoms with van der Waals surface area (Å²) in [6.45, 7) is 9.98. The average Bonchev–Trinajstić information content (AvgIpc) is 3.83. The Kier molecular flexibility index (Phi) is 6.87. The molecule has 0 atom stereocenters. The maximum atomic E-state index is 2.62. The molecule has 0 fully saturated rings. The van der Waals surface area contributed by atoms with E-state index in [2.05, 4.69) is 207 Å². The van der Waals surface area contributed by atoms with Gasteiger partial charge in [-0.25, -0.2) is 0 Å². The molecule has 0 saturated carbocycles. The summed E-state index contributed by atoms with van der Waals surface area (Å²) in [6.07, 6.45) is 0. The molecule has 14 rings (SSSR count). The SMILES string of the molecule is CC(C)c1c2c(c3ccc4c(C(C)C)c5c(c6ccc1c3c46)N(c1ccccc1)c1cccc3c1B5c1ccccc1-3)N(c1ccccc1)c1cccc3c1B2c1ccccc1-3. The molecular formula is C58H42B2N2. The molecule has 2 nitrogen and oxygen atoms in total. The van der Waals surface area contributed by atoms with Crippen molar-refractivity contribution in [1.29, 1.82) is 0 Å². The van der Waals surface area contributed by atoms with Crippen molar-refractivity contribution in [2.45, 2.75) is 39.5 Å². The number of hydrogen-bond donors (Lipinski definition) is 0. The Bertz CT molecular complexity index is 3320. The quantitative estimate of drug-likeness (QED) is 0.129. The Labute approximate surface area is 363 Å². The molecule has 0 aromatic heterocycles. The van der Waals surface area contributed by atoms with Crippen LogP contribution in [0.25, 0.3) is 54.6 Å². The Hall–Kier alpha value is -7.03. The van der Waals surface area contributed by atoms with E-state index in [1.807, 2.05) is 0 Å². The molecule has 10 aromatic carbocycles. The number of nitrogens with zero attached hydrogens (tertiary/aromatic N) is 2. The van der Waals surface area contributed by atoms with Gasteiger partial charge in [0.05, 0.1) is 0 Å². The van der Waals surface area contributed by atoms with Crippen molar-refractivity contribution in [3.63, 3.8) is 0 Å². The van der Waals surface area contributed by atoms with Gasteiger partial charge < -0.3 is 9.80 Å². The van der Waals surface area contributed by atoms with Crippen molar-refractivity contribution in [1.82, 2.24) is 0 Å². The average molecular weight is 789 g/mol. The Morgan fingerprint density at radius 1 is 0.339 bits per heavy atom. The first-order valence-corrected chi connectivity index (χ1v) is 22.5. The van der Waals surface area contributed by atoms with E-state index in [1.54, 1.807) is 0 Å². The molecule has 4 heterocycles. The number of fused-ring (bicyclic) bond motifs is 12. The normalized spacial score (nSPS) is 14.0. The van der Waals surface area contributed by atoms with Gasteiger partial charge >= 0.3 is 0 Å². The van der Waals surface area contributed by atoms with E-state index < -0.39 is 0 Å². The number of anilines is 6. The van der Waals surface area contributed by atoms with Gasteiger partial charge in [0, 0.05) is 44.9 Å². The van der Waals surface area contributed by atoms with Crippen LogP contribution in [0.2, 0.25) is 0 Å². The Morgan fingerprint density at radius 3 is 1.13 bits per heavy atom. The van der Waals surface area contributed by atoms with Gasteiger partial charge in [0.15, 0.2) is 0 Å². The number of para-hydroxylation sites is 2. The second-order valence-electron chi connectivity index (χ2n) is 18.6. The smallest absolute Gasteiger partial charge is 0.248 e. The maximum absolute atomic E-state index is 2.62. The highest BCUT2D eigenvalue weighted by Gasteiger charge is 2.47. The zero-order valence-corrected chi connectivity index (χ0v) is 35.4. The molecule has 0 spiro atoms. The van der Waals surface area contributed by atoms with Gasteiger partial charge in [-0.05, 0) is 125 Å². The molecule has 0 radical (unpaired) electrons. The van der Waals surface area contributed by atoms with E-state index in [1.165, 1.54) is 133 Å². The third kappa shape index (κ3) is 4.18. The van der Waals surface area contributed by atoms with Gasteiger partial charge in [-0.2, -0.15) is 0 Å². The van der Waals surface area contributed by atoms with Crippen molar-refractivity contribution in [2.75, 3.05) is 9.80 Å². The summed E-state index contributed by atoms with van der Waals surface area (Å²) >= 11 is 0. The molecule has 10 aromatic rings. The first kappa shape index (κ1) is 34.7. The van der Waals surface area contributed by atoms with Gasteiger partial charge in [0.1, 0.15) is 0 Å². The van der Waals surface area contributed by atoms with Crippen LogP contribution in [0.15, 0.2) is 170 Å². The van der Waals surface area contributed by atoms with Crippen LogP contribution in [0.1, 0.15) is 50.7 Å². The summed E-state index contributed by atoms with van der Waals surface area (Å²) in [4.78, 5) is 5.24. The molecule has 0 saturated heterocycles. The predicted octanol–water partition coefficient (Wildman–Crippen LogP) is 11.4. The largest absolute Gasteiger partial charge is 0.311 e. The van der Waals surface area contributed by atoms with E-state index >= 15 is 0 Å². The van der Waals surface area contributed by atoms with Crippen molar-refractivity contribution >= 4 is 113 Å². The maximum Gasteiger partial charge on any atom is 0.248 e. The summed E-state index contributed by atoms with van der Waals surface area (Å²) < 4.78 is 0. The molecule has 4 aliphatic rings. The van der Waals surface area contributed by atoms with Gasteiger partial charge in [-0.15, -0.1) is 0 Å². The molecule has 4 heteroatoms. The van der Waals surface area contributed by atoms with Gasteiger partial charge in [0.2, 0.25) is 13.4 Å². The highest BCUT2D eigenvalue weighted by atomic mass is 15.2. The van der Waals surface area contributed by atoms with Crippen LogP contribution in [0.4, 0.5) is 34.1 Å². The second-order valence-corrected chi connectivity index (χ2v) is 18.6. The third-order valence-electron chi connectivity index (χ3n) is 14.9. The highest BCUT2D eigenvalue weighted by molar-refractivity contribution is 7.03. The van der Waals surface area contributed by atoms with Gasteiger partial charge in [-0.3, -0.25) is 0 Å². The molecular weight excluding hydrogens is 746 g/mol. The van der Waals surface area contributed by atoms with Crippen LogP contribution in [-0.4, -0.2) is 13.4 Å². The standard InChI is InChI=1S/C58H42B2N2/c1-33(2)49-41-29-31-44-52-42(50(34(3)4)56-58(44)62(36-19-9-6-10-20-36)48-28-16-24-40-38-22-12-14-26-46(38)60(56)54(40)48)30-32-43(51(41)52)57-55(49)59-45-25-13-11-21-37(45)39-23-15-27-47(53(39)59)61(57)35-17-7-5-8-18-35/h5-34H,1-4H3. The lowest BCUT2D eigenvalue weighted by molar-refractivity contribution is 0.881. The van der Waals surface area contributed by atoms with Crippen molar-refractivity contribution in [2.24, 2.45) is 0 Å². The number of rotatable bonds is 4. The van der Waals surface area contributed by atoms with Crippen LogP contribution >= 0.6 is 0 Å². The van der Waals surface area contributed by atoms with Crippen LogP contribution < -0.4 is 42.6 Å². The Balaban J connectivity index is 1.19. The molecule has 290 valence electrons. The van der Waals surface area contributed by atoms with E-state index in [0.717, 1.165) is 0 Å². The molecule has 4 aliphatic heterocycles. The molecule has 0 bridgehead atoms. The number of hydrogen-bond acceptors (Lipinski definition) is 2. The lowest BCUT2D eigenvalue weighted by Gasteiger charge is -2.41. The predicted molar refractivity (Wildman–Crippen MR) is 268 cm³/mol. The summed E-state index contributed by atoms with van der Waals surface area (Å²) in [7, 11) is 0. The fourth-order valence-corrected chi connectivity index (χ4v) is 12.9. The van der Waals surface area contributed by atoms with Gasteiger partial charge in [0.25, 0.3) is 0 Å². The monoisotopic (exact) mass is 788 g/mol. The molecule has 0 N–H and O–H groups in total. The minimum Gasteiger partial charge on any atom is -0.311 e. The van der Waals surface area contributed by atoms with Crippen molar-refractivity contribution in [3.8, 4) is 22.3 Å². The minimum absolute atomic E-state index is 0.146.